The molecule has 0 aliphatic heterocycles. The first-order valence-electron chi connectivity index (χ1n) is 9.72. The lowest BCUT2D eigenvalue weighted by molar-refractivity contribution is -0.119. The number of carbonyl (C=O) groups excluding carboxylic acids is 2. The molecule has 0 saturated heterocycles. The lowest BCUT2D eigenvalue weighted by Gasteiger charge is -2.07. The number of benzene rings is 3. The lowest BCUT2D eigenvalue weighted by Crippen LogP contribution is -2.21. The van der Waals surface area contributed by atoms with Crippen molar-refractivity contribution < 1.29 is 14.3 Å². The van der Waals surface area contributed by atoms with E-state index < -0.39 is 18.5 Å². The average molecular weight is 412 g/mol. The third kappa shape index (κ3) is 4.67. The fraction of sp³-hybridized carbons (Fsp3) is 0.0833. The first kappa shape index (κ1) is 20.0. The van der Waals surface area contributed by atoms with Gasteiger partial charge in [-0.2, -0.15) is 0 Å². The first-order chi connectivity index (χ1) is 15.1. The van der Waals surface area contributed by atoms with Gasteiger partial charge in [0.05, 0.1) is 5.69 Å². The highest BCUT2D eigenvalue weighted by molar-refractivity contribution is 5.95. The molecule has 0 aliphatic carbocycles. The maximum Gasteiger partial charge on any atom is 0.378 e. The Morgan fingerprint density at radius 2 is 1.55 bits per heavy atom. The van der Waals surface area contributed by atoms with Crippen molar-refractivity contribution in [2.24, 2.45) is 0 Å². The number of esters is 1. The second kappa shape index (κ2) is 9.04. The monoisotopic (exact) mass is 412 g/mol. The Hall–Kier alpha value is -4.26. The quantitative estimate of drug-likeness (QED) is 0.483. The maximum atomic E-state index is 12.6. The predicted molar refractivity (Wildman–Crippen MR) is 117 cm³/mol. The SMILES string of the molecule is Cc1ccccc1NC(=O)COC(=O)c1nc(-c2ccccc2)n(-c2ccccc2)n1. The van der Waals surface area contributed by atoms with Crippen molar-refractivity contribution in [1.29, 1.82) is 0 Å². The molecule has 7 nitrogen and oxygen atoms in total. The summed E-state index contributed by atoms with van der Waals surface area (Å²) in [7, 11) is 0. The summed E-state index contributed by atoms with van der Waals surface area (Å²) in [6, 6.07) is 26.2. The van der Waals surface area contributed by atoms with Gasteiger partial charge in [0.25, 0.3) is 11.7 Å². The van der Waals surface area contributed by atoms with Crippen LogP contribution in [0.4, 0.5) is 5.69 Å². The molecule has 0 unspecified atom stereocenters. The van der Waals surface area contributed by atoms with E-state index in [0.29, 0.717) is 11.5 Å². The second-order valence-corrected chi connectivity index (χ2v) is 6.81. The minimum absolute atomic E-state index is 0.119. The Bertz CT molecular complexity index is 1150. The zero-order chi connectivity index (χ0) is 21.6. The number of aryl methyl sites for hydroxylation is 1. The van der Waals surface area contributed by atoms with Crippen LogP contribution in [0.5, 0.6) is 0 Å². The van der Waals surface area contributed by atoms with Crippen LogP contribution >= 0.6 is 0 Å². The molecule has 1 aromatic heterocycles. The largest absolute Gasteiger partial charge is 0.450 e. The van der Waals surface area contributed by atoms with E-state index in [9.17, 15) is 9.59 Å². The number of carbonyl (C=O) groups is 2. The number of rotatable bonds is 6. The molecule has 154 valence electrons. The minimum Gasteiger partial charge on any atom is -0.450 e. The van der Waals surface area contributed by atoms with Crippen molar-refractivity contribution in [3.8, 4) is 17.1 Å². The van der Waals surface area contributed by atoms with Crippen LogP contribution in [0.15, 0.2) is 84.9 Å². The van der Waals surface area contributed by atoms with Crippen molar-refractivity contribution in [3.05, 3.63) is 96.3 Å². The number of hydrogen-bond donors (Lipinski definition) is 1. The van der Waals surface area contributed by atoms with Crippen LogP contribution in [0.25, 0.3) is 17.1 Å². The molecule has 0 aliphatic rings. The molecule has 3 aromatic carbocycles. The molecule has 0 atom stereocenters. The Labute approximate surface area is 179 Å². The summed E-state index contributed by atoms with van der Waals surface area (Å²) in [6.07, 6.45) is 0. The number of anilines is 1. The van der Waals surface area contributed by atoms with Crippen molar-refractivity contribution in [1.82, 2.24) is 14.8 Å². The summed E-state index contributed by atoms with van der Waals surface area (Å²) in [4.78, 5) is 29.1. The van der Waals surface area contributed by atoms with E-state index >= 15 is 0 Å². The van der Waals surface area contributed by atoms with Crippen LogP contribution < -0.4 is 5.32 Å². The van der Waals surface area contributed by atoms with Gasteiger partial charge in [0.15, 0.2) is 12.4 Å². The molecule has 0 bridgehead atoms. The van der Waals surface area contributed by atoms with E-state index in [1.54, 1.807) is 10.7 Å². The molecule has 7 heteroatoms. The molecule has 1 amide bonds. The molecule has 4 aromatic rings. The fourth-order valence-electron chi connectivity index (χ4n) is 3.02. The van der Waals surface area contributed by atoms with Crippen LogP contribution in [0, 0.1) is 6.92 Å². The minimum atomic E-state index is -0.771. The fourth-order valence-corrected chi connectivity index (χ4v) is 3.02. The number of amides is 1. The summed E-state index contributed by atoms with van der Waals surface area (Å²) >= 11 is 0. The number of nitrogens with zero attached hydrogens (tertiary/aromatic N) is 3. The van der Waals surface area contributed by atoms with Gasteiger partial charge in [-0.25, -0.2) is 14.5 Å². The smallest absolute Gasteiger partial charge is 0.378 e. The van der Waals surface area contributed by atoms with E-state index in [2.05, 4.69) is 15.4 Å². The molecule has 31 heavy (non-hydrogen) atoms. The van der Waals surface area contributed by atoms with E-state index in [1.807, 2.05) is 85.8 Å². The Morgan fingerprint density at radius 1 is 0.903 bits per heavy atom. The number of hydrogen-bond acceptors (Lipinski definition) is 5. The van der Waals surface area contributed by atoms with Gasteiger partial charge in [0, 0.05) is 11.3 Å². The van der Waals surface area contributed by atoms with Crippen molar-refractivity contribution in [2.45, 2.75) is 6.92 Å². The highest BCUT2D eigenvalue weighted by atomic mass is 16.5. The van der Waals surface area contributed by atoms with Gasteiger partial charge >= 0.3 is 5.97 Å². The predicted octanol–water partition coefficient (Wildman–Crippen LogP) is 4.04. The van der Waals surface area contributed by atoms with Gasteiger partial charge in [-0.15, -0.1) is 5.10 Å². The molecule has 4 rings (SSSR count). The summed E-state index contributed by atoms with van der Waals surface area (Å²) in [6.45, 7) is 1.45. The molecule has 0 radical (unpaired) electrons. The highest BCUT2D eigenvalue weighted by Crippen LogP contribution is 2.21. The molecular weight excluding hydrogens is 392 g/mol. The van der Waals surface area contributed by atoms with Gasteiger partial charge in [-0.05, 0) is 30.7 Å². The molecule has 0 fully saturated rings. The summed E-state index contributed by atoms with van der Waals surface area (Å²) in [5.41, 5.74) is 3.14. The van der Waals surface area contributed by atoms with Gasteiger partial charge in [0.1, 0.15) is 0 Å². The van der Waals surface area contributed by atoms with E-state index in [1.165, 1.54) is 0 Å². The zero-order valence-electron chi connectivity index (χ0n) is 16.9. The molecular formula is C24H20N4O3. The number of nitrogens with one attached hydrogen (secondary N) is 1. The number of aromatic nitrogens is 3. The molecule has 1 heterocycles. The van der Waals surface area contributed by atoms with Crippen LogP contribution in [0.3, 0.4) is 0 Å². The lowest BCUT2D eigenvalue weighted by atomic mass is 10.2. The Balaban J connectivity index is 1.52. The Morgan fingerprint density at radius 3 is 2.26 bits per heavy atom. The topological polar surface area (TPSA) is 86.1 Å². The van der Waals surface area contributed by atoms with Crippen molar-refractivity contribution >= 4 is 17.6 Å². The van der Waals surface area contributed by atoms with Crippen LogP contribution in [-0.2, 0) is 9.53 Å². The van der Waals surface area contributed by atoms with Crippen LogP contribution in [-0.4, -0.2) is 33.2 Å². The van der Waals surface area contributed by atoms with Crippen LogP contribution in [0.1, 0.15) is 16.2 Å². The van der Waals surface area contributed by atoms with Gasteiger partial charge in [-0.3, -0.25) is 4.79 Å². The van der Waals surface area contributed by atoms with E-state index in [0.717, 1.165) is 16.8 Å². The average Bonchev–Trinajstić information content (AvgIpc) is 3.26. The standard InChI is InChI=1S/C24H20N4O3/c1-17-10-8-9-15-20(17)25-21(29)16-31-24(30)22-26-23(18-11-4-2-5-12-18)28(27-22)19-13-6-3-7-14-19/h2-15H,16H2,1H3,(H,25,29). The molecule has 1 N–H and O–H groups in total. The third-order valence-electron chi connectivity index (χ3n) is 4.58. The van der Waals surface area contributed by atoms with Crippen molar-refractivity contribution in [3.63, 3.8) is 0 Å². The van der Waals surface area contributed by atoms with E-state index in [-0.39, 0.29) is 5.82 Å². The Kier molecular flexibility index (Phi) is 5.84. The molecule has 0 saturated carbocycles. The van der Waals surface area contributed by atoms with E-state index in [4.69, 9.17) is 4.74 Å². The normalized spacial score (nSPS) is 10.5. The zero-order valence-corrected chi connectivity index (χ0v) is 16.9. The van der Waals surface area contributed by atoms with Crippen molar-refractivity contribution in [2.75, 3.05) is 11.9 Å². The first-order valence-corrected chi connectivity index (χ1v) is 9.72. The molecule has 0 spiro atoms. The number of ether oxygens (including phenoxy) is 1. The summed E-state index contributed by atoms with van der Waals surface area (Å²) < 4.78 is 6.74. The van der Waals surface area contributed by atoms with Gasteiger partial charge in [-0.1, -0.05) is 66.7 Å². The van der Waals surface area contributed by atoms with Gasteiger partial charge in [0.2, 0.25) is 0 Å². The number of para-hydroxylation sites is 2. The second-order valence-electron chi connectivity index (χ2n) is 6.81. The van der Waals surface area contributed by atoms with Crippen LogP contribution in [0.2, 0.25) is 0 Å². The summed E-state index contributed by atoms with van der Waals surface area (Å²) in [5, 5.41) is 7.06. The third-order valence-corrected chi connectivity index (χ3v) is 4.58. The van der Waals surface area contributed by atoms with Gasteiger partial charge < -0.3 is 10.1 Å². The maximum absolute atomic E-state index is 12.6. The highest BCUT2D eigenvalue weighted by Gasteiger charge is 2.20. The summed E-state index contributed by atoms with van der Waals surface area (Å²) in [5.74, 6) is -0.824.